The Hall–Kier alpha value is -0.350. The molecule has 1 heterocycles. The van der Waals surface area contributed by atoms with E-state index in [2.05, 4.69) is 9.47 Å². The minimum absolute atomic E-state index is 0.00835. The normalized spacial score (nSPS) is 21.1. The molecule has 78 valence electrons. The van der Waals surface area contributed by atoms with Crippen LogP contribution in [0.2, 0.25) is 0 Å². The van der Waals surface area contributed by atoms with Gasteiger partial charge in [-0.3, -0.25) is 0 Å². The third-order valence-electron chi connectivity index (χ3n) is 1.25. The highest BCUT2D eigenvalue weighted by molar-refractivity contribution is 7.39. The van der Waals surface area contributed by atoms with Gasteiger partial charge in [-0.2, -0.15) is 0 Å². The van der Waals surface area contributed by atoms with Crippen LogP contribution in [0.15, 0.2) is 10.6 Å². The van der Waals surface area contributed by atoms with Crippen molar-refractivity contribution in [3.63, 3.8) is 0 Å². The Labute approximate surface area is 90.8 Å². The lowest BCUT2D eigenvalue weighted by Crippen LogP contribution is -2.05. The molecule has 2 unspecified atom stereocenters. The van der Waals surface area contributed by atoms with Gasteiger partial charge < -0.3 is 9.47 Å². The van der Waals surface area contributed by atoms with E-state index < -0.39 is 20.0 Å². The first-order chi connectivity index (χ1) is 6.59. The van der Waals surface area contributed by atoms with Crippen LogP contribution in [0.3, 0.4) is 0 Å². The van der Waals surface area contributed by atoms with Gasteiger partial charge in [-0.1, -0.05) is 23.2 Å². The Balaban J connectivity index is 2.29. The zero-order chi connectivity index (χ0) is 10.6. The third kappa shape index (κ3) is 3.80. The van der Waals surface area contributed by atoms with Crippen LogP contribution in [-0.4, -0.2) is 25.2 Å². The molecule has 0 aliphatic carbocycles. The molecule has 14 heavy (non-hydrogen) atoms. The van der Waals surface area contributed by atoms with E-state index in [4.69, 9.17) is 27.7 Å². The molecule has 0 spiro atoms. The molecule has 5 nitrogen and oxygen atoms in total. The van der Waals surface area contributed by atoms with E-state index in [1.165, 1.54) is 6.08 Å². The molecule has 1 saturated heterocycles. The Kier molecular flexibility index (Phi) is 4.62. The molecule has 0 aromatic heterocycles. The van der Waals surface area contributed by atoms with Crippen molar-refractivity contribution in [2.24, 2.45) is 0 Å². The summed E-state index contributed by atoms with van der Waals surface area (Å²) in [6.07, 6.45) is 0.487. The van der Waals surface area contributed by atoms with Crippen LogP contribution in [0.25, 0.3) is 0 Å². The first kappa shape index (κ1) is 11.7. The highest BCUT2D eigenvalue weighted by Crippen LogP contribution is 2.33. The zero-order valence-corrected chi connectivity index (χ0v) is 9.22. The van der Waals surface area contributed by atoms with Gasteiger partial charge in [0.2, 0.25) is 0 Å². The van der Waals surface area contributed by atoms with Crippen LogP contribution in [0, 0.1) is 0 Å². The second-order valence-electron chi connectivity index (χ2n) is 2.21. The van der Waals surface area contributed by atoms with Crippen LogP contribution in [0.5, 0.6) is 0 Å². The molecule has 1 rings (SSSR count). The Morgan fingerprint density at radius 3 is 2.93 bits per heavy atom. The number of hydrogen-bond acceptors (Lipinski definition) is 5. The van der Waals surface area contributed by atoms with Gasteiger partial charge in [0.25, 0.3) is 0 Å². The fourth-order valence-corrected chi connectivity index (χ4v) is 1.56. The summed E-state index contributed by atoms with van der Waals surface area (Å²) in [6.45, 7) is -0.0715. The second-order valence-corrected chi connectivity index (χ2v) is 4.62. The predicted octanol–water partition coefficient (Wildman–Crippen LogP) is 2.56. The highest BCUT2D eigenvalue weighted by Gasteiger charge is 2.43. The molecule has 0 amide bonds. The van der Waals surface area contributed by atoms with E-state index in [1.54, 1.807) is 0 Å². The van der Waals surface area contributed by atoms with Gasteiger partial charge in [-0.05, 0) is 10.6 Å². The smallest absolute Gasteiger partial charge is 0.425 e. The summed E-state index contributed by atoms with van der Waals surface area (Å²) in [4.78, 5) is 10.5. The molecular weight excluding hydrogens is 254 g/mol. The lowest BCUT2D eigenvalue weighted by molar-refractivity contribution is 0.126. The summed E-state index contributed by atoms with van der Waals surface area (Å²) in [7, 11) is -2.12. The van der Waals surface area contributed by atoms with Crippen molar-refractivity contribution in [3.05, 3.63) is 10.6 Å². The van der Waals surface area contributed by atoms with E-state index in [1.807, 2.05) is 0 Å². The predicted molar refractivity (Wildman–Crippen MR) is 49.6 cm³/mol. The van der Waals surface area contributed by atoms with Crippen LogP contribution in [-0.2, 0) is 18.6 Å². The molecule has 0 N–H and O–H groups in total. The minimum atomic E-state index is -2.12. The fraction of sp³-hybridized carbons (Fsp3) is 0.500. The Morgan fingerprint density at radius 1 is 1.71 bits per heavy atom. The molecular formula is C6H6Cl2O5P+. The summed E-state index contributed by atoms with van der Waals surface area (Å²) in [5.74, 6) is -0.847. The van der Waals surface area contributed by atoms with Gasteiger partial charge in [0.1, 0.15) is 11.1 Å². The third-order valence-corrected chi connectivity index (χ3v) is 2.69. The van der Waals surface area contributed by atoms with Crippen molar-refractivity contribution < 1.29 is 23.4 Å². The van der Waals surface area contributed by atoms with Crippen molar-refractivity contribution in [2.75, 3.05) is 13.2 Å². The van der Waals surface area contributed by atoms with Gasteiger partial charge in [-0.25, -0.2) is 4.79 Å². The Morgan fingerprint density at radius 2 is 2.43 bits per heavy atom. The van der Waals surface area contributed by atoms with Crippen molar-refractivity contribution in [2.45, 2.75) is 5.85 Å². The van der Waals surface area contributed by atoms with Gasteiger partial charge in [-0.15, -0.1) is 4.52 Å². The quantitative estimate of drug-likeness (QED) is 0.574. The van der Waals surface area contributed by atoms with Crippen molar-refractivity contribution in [1.29, 1.82) is 0 Å². The number of hydrogen-bond donors (Lipinski definition) is 0. The van der Waals surface area contributed by atoms with Crippen molar-refractivity contribution in [3.8, 4) is 0 Å². The van der Waals surface area contributed by atoms with Gasteiger partial charge in [0, 0.05) is 0 Å². The fourth-order valence-electron chi connectivity index (χ4n) is 0.679. The maximum atomic E-state index is 11.2. The number of halogens is 2. The van der Waals surface area contributed by atoms with Crippen molar-refractivity contribution in [1.82, 2.24) is 0 Å². The maximum Gasteiger partial charge on any atom is 0.557 e. The van der Waals surface area contributed by atoms with Crippen molar-refractivity contribution >= 4 is 37.4 Å². The van der Waals surface area contributed by atoms with E-state index in [0.717, 1.165) is 0 Å². The lowest BCUT2D eigenvalue weighted by atomic mass is 10.7. The van der Waals surface area contributed by atoms with E-state index in [-0.39, 0.29) is 17.7 Å². The Bertz CT molecular complexity index is 275. The molecule has 1 aliphatic heterocycles. The average molecular weight is 260 g/mol. The van der Waals surface area contributed by atoms with Crippen LogP contribution in [0.4, 0.5) is 4.79 Å². The number of cyclic esters (lactones) is 2. The number of carbonyl (C=O) groups is 1. The largest absolute Gasteiger partial charge is 0.557 e. The molecule has 0 radical (unpaired) electrons. The van der Waals surface area contributed by atoms with E-state index in [9.17, 15) is 9.36 Å². The summed E-state index contributed by atoms with van der Waals surface area (Å²) in [6, 6.07) is 0. The first-order valence-corrected chi connectivity index (χ1v) is 5.53. The molecule has 0 aromatic carbocycles. The summed E-state index contributed by atoms with van der Waals surface area (Å²) in [5, 5.41) is 0. The maximum absolute atomic E-state index is 11.2. The standard InChI is InChI=1S/C6H6Cl2O5P/c7-4(8)1-2-12-14(10)5-3-11-6(9)13-5/h1,5H,2-3H2/q+1. The SMILES string of the molecule is O=C1OCC([P+](=O)OCC=C(Cl)Cl)O1. The first-order valence-electron chi connectivity index (χ1n) is 3.53. The van der Waals surface area contributed by atoms with E-state index in [0.29, 0.717) is 0 Å². The summed E-state index contributed by atoms with van der Waals surface area (Å²) >= 11 is 10.6. The highest BCUT2D eigenvalue weighted by atomic mass is 35.5. The lowest BCUT2D eigenvalue weighted by Gasteiger charge is -1.91. The zero-order valence-electron chi connectivity index (χ0n) is 6.81. The van der Waals surface area contributed by atoms with E-state index >= 15 is 0 Å². The van der Waals surface area contributed by atoms with Gasteiger partial charge in [0.15, 0.2) is 6.61 Å². The topological polar surface area (TPSA) is 61.8 Å². The number of rotatable bonds is 4. The van der Waals surface area contributed by atoms with Crippen LogP contribution >= 0.6 is 31.2 Å². The second kappa shape index (κ2) is 5.51. The van der Waals surface area contributed by atoms with Gasteiger partial charge in [0.05, 0.1) is 0 Å². The van der Waals surface area contributed by atoms with Gasteiger partial charge >= 0.3 is 20.0 Å². The molecule has 2 atom stereocenters. The minimum Gasteiger partial charge on any atom is -0.425 e. The summed E-state index contributed by atoms with van der Waals surface area (Å²) < 4.78 is 25.0. The van der Waals surface area contributed by atoms with Crippen LogP contribution in [0.1, 0.15) is 0 Å². The van der Waals surface area contributed by atoms with Crippen LogP contribution < -0.4 is 0 Å². The molecule has 0 saturated carbocycles. The average Bonchev–Trinajstić information content (AvgIpc) is 2.51. The molecule has 0 aromatic rings. The molecule has 0 bridgehead atoms. The molecule has 1 fully saturated rings. The molecule has 1 aliphatic rings. The number of ether oxygens (including phenoxy) is 2. The molecule has 8 heteroatoms. The number of carbonyl (C=O) groups excluding carboxylic acids is 1. The summed E-state index contributed by atoms with van der Waals surface area (Å²) in [5.41, 5.74) is 0. The monoisotopic (exact) mass is 259 g/mol.